The Balaban J connectivity index is 1.85. The lowest BCUT2D eigenvalue weighted by Crippen LogP contribution is -2.60. The average molecular weight is 223 g/mol. The van der Waals surface area contributed by atoms with Crippen molar-refractivity contribution in [1.29, 1.82) is 0 Å². The number of nitrogens with one attached hydrogen (secondary N) is 1. The van der Waals surface area contributed by atoms with E-state index in [1.807, 2.05) is 0 Å². The third kappa shape index (κ3) is 1.39. The number of amides is 1. The first kappa shape index (κ1) is 10.5. The van der Waals surface area contributed by atoms with Gasteiger partial charge in [0.05, 0.1) is 6.04 Å². The van der Waals surface area contributed by atoms with Crippen LogP contribution in [-0.2, 0) is 4.79 Å². The van der Waals surface area contributed by atoms with Crippen molar-refractivity contribution in [3.63, 3.8) is 0 Å². The van der Waals surface area contributed by atoms with E-state index in [9.17, 15) is 4.79 Å². The standard InChI is InChI=1S/C12H21N3O/c13-10(11(16)15-14)12-4-7-1-8(5-12)3-9(2-7)6-12/h7-10H,1-6,13-14H2,(H,15,16). The van der Waals surface area contributed by atoms with Gasteiger partial charge in [-0.2, -0.15) is 0 Å². The van der Waals surface area contributed by atoms with Crippen molar-refractivity contribution < 1.29 is 4.79 Å². The fraction of sp³-hybridized carbons (Fsp3) is 0.917. The van der Waals surface area contributed by atoms with E-state index in [1.165, 1.54) is 19.3 Å². The van der Waals surface area contributed by atoms with E-state index in [-0.39, 0.29) is 11.3 Å². The van der Waals surface area contributed by atoms with Gasteiger partial charge in [0.2, 0.25) is 0 Å². The Morgan fingerprint density at radius 2 is 1.56 bits per heavy atom. The molecule has 16 heavy (non-hydrogen) atoms. The van der Waals surface area contributed by atoms with E-state index < -0.39 is 6.04 Å². The Labute approximate surface area is 96.1 Å². The third-order valence-electron chi connectivity index (χ3n) is 5.17. The molecule has 0 aromatic rings. The molecule has 0 heterocycles. The second-order valence-corrected chi connectivity index (χ2v) is 6.27. The zero-order valence-corrected chi connectivity index (χ0v) is 9.61. The van der Waals surface area contributed by atoms with Crippen LogP contribution >= 0.6 is 0 Å². The number of nitrogens with two attached hydrogens (primary N) is 2. The van der Waals surface area contributed by atoms with Gasteiger partial charge in [0.25, 0.3) is 5.91 Å². The Morgan fingerprint density at radius 1 is 1.12 bits per heavy atom. The van der Waals surface area contributed by atoms with Crippen LogP contribution in [0.2, 0.25) is 0 Å². The molecule has 0 saturated heterocycles. The summed E-state index contributed by atoms with van der Waals surface area (Å²) in [5.74, 6) is 7.50. The van der Waals surface area contributed by atoms with Gasteiger partial charge in [0.15, 0.2) is 0 Å². The third-order valence-corrected chi connectivity index (χ3v) is 5.17. The van der Waals surface area contributed by atoms with Gasteiger partial charge in [-0.1, -0.05) is 0 Å². The summed E-state index contributed by atoms with van der Waals surface area (Å²) in [5.41, 5.74) is 8.43. The van der Waals surface area contributed by atoms with E-state index >= 15 is 0 Å². The number of carbonyl (C=O) groups excluding carboxylic acids is 1. The summed E-state index contributed by atoms with van der Waals surface area (Å²) < 4.78 is 0. The van der Waals surface area contributed by atoms with Crippen LogP contribution in [0.1, 0.15) is 38.5 Å². The highest BCUT2D eigenvalue weighted by molar-refractivity contribution is 5.82. The Morgan fingerprint density at radius 3 is 1.94 bits per heavy atom. The molecule has 5 N–H and O–H groups in total. The molecule has 4 fully saturated rings. The lowest BCUT2D eigenvalue weighted by molar-refractivity contribution is -0.133. The molecule has 0 aliphatic heterocycles. The zero-order chi connectivity index (χ0) is 11.3. The van der Waals surface area contributed by atoms with Gasteiger partial charge in [0.1, 0.15) is 0 Å². The highest BCUT2D eigenvalue weighted by atomic mass is 16.2. The van der Waals surface area contributed by atoms with Gasteiger partial charge >= 0.3 is 0 Å². The van der Waals surface area contributed by atoms with Crippen molar-refractivity contribution in [3.05, 3.63) is 0 Å². The van der Waals surface area contributed by atoms with E-state index in [0.29, 0.717) is 0 Å². The molecule has 4 aliphatic carbocycles. The summed E-state index contributed by atoms with van der Waals surface area (Å²) >= 11 is 0. The molecule has 4 bridgehead atoms. The molecular formula is C12H21N3O. The smallest absolute Gasteiger partial charge is 0.251 e. The molecule has 0 aromatic carbocycles. The summed E-state index contributed by atoms with van der Waals surface area (Å²) in [4.78, 5) is 11.7. The number of carbonyl (C=O) groups is 1. The fourth-order valence-electron chi connectivity index (χ4n) is 4.93. The maximum Gasteiger partial charge on any atom is 0.251 e. The summed E-state index contributed by atoms with van der Waals surface area (Å²) in [7, 11) is 0. The predicted octanol–water partition coefficient (Wildman–Crippen LogP) is 0.520. The molecule has 0 aromatic heterocycles. The zero-order valence-electron chi connectivity index (χ0n) is 9.61. The van der Waals surface area contributed by atoms with Crippen LogP contribution in [0.25, 0.3) is 0 Å². The maximum atomic E-state index is 11.7. The first-order valence-corrected chi connectivity index (χ1v) is 6.39. The molecule has 0 radical (unpaired) electrons. The van der Waals surface area contributed by atoms with Gasteiger partial charge in [-0.3, -0.25) is 10.2 Å². The molecule has 4 rings (SSSR count). The van der Waals surface area contributed by atoms with Crippen molar-refractivity contribution in [2.75, 3.05) is 0 Å². The van der Waals surface area contributed by atoms with Gasteiger partial charge in [-0.05, 0) is 61.7 Å². The lowest BCUT2D eigenvalue weighted by Gasteiger charge is -2.58. The van der Waals surface area contributed by atoms with Crippen LogP contribution < -0.4 is 17.0 Å². The van der Waals surface area contributed by atoms with E-state index in [1.54, 1.807) is 0 Å². The Bertz CT molecular complexity index is 280. The highest BCUT2D eigenvalue weighted by Crippen LogP contribution is 2.60. The summed E-state index contributed by atoms with van der Waals surface area (Å²) in [6.45, 7) is 0. The second kappa shape index (κ2) is 3.44. The highest BCUT2D eigenvalue weighted by Gasteiger charge is 2.54. The van der Waals surface area contributed by atoms with Crippen LogP contribution in [0.4, 0.5) is 0 Å². The van der Waals surface area contributed by atoms with Crippen LogP contribution in [0, 0.1) is 23.2 Å². The minimum absolute atomic E-state index is 0.0677. The summed E-state index contributed by atoms with van der Waals surface area (Å²) in [5, 5.41) is 0. The van der Waals surface area contributed by atoms with Crippen molar-refractivity contribution >= 4 is 5.91 Å². The summed E-state index contributed by atoms with van der Waals surface area (Å²) in [6, 6.07) is -0.397. The maximum absolute atomic E-state index is 11.7. The van der Waals surface area contributed by atoms with Gasteiger partial charge in [-0.15, -0.1) is 0 Å². The second-order valence-electron chi connectivity index (χ2n) is 6.27. The Hall–Kier alpha value is -0.610. The first-order chi connectivity index (χ1) is 7.63. The molecule has 1 amide bonds. The van der Waals surface area contributed by atoms with Crippen LogP contribution in [-0.4, -0.2) is 11.9 Å². The largest absolute Gasteiger partial charge is 0.319 e. The average Bonchev–Trinajstić information content (AvgIpc) is 2.25. The van der Waals surface area contributed by atoms with Gasteiger partial charge < -0.3 is 5.73 Å². The van der Waals surface area contributed by atoms with Crippen molar-refractivity contribution in [1.82, 2.24) is 5.43 Å². The molecule has 4 saturated carbocycles. The molecule has 1 unspecified atom stereocenters. The van der Waals surface area contributed by atoms with E-state index in [2.05, 4.69) is 5.43 Å². The van der Waals surface area contributed by atoms with Crippen LogP contribution in [0.15, 0.2) is 0 Å². The van der Waals surface area contributed by atoms with Crippen LogP contribution in [0.5, 0.6) is 0 Å². The number of hydrazine groups is 1. The van der Waals surface area contributed by atoms with Crippen LogP contribution in [0.3, 0.4) is 0 Å². The molecule has 90 valence electrons. The number of hydrogen-bond donors (Lipinski definition) is 3. The van der Waals surface area contributed by atoms with Gasteiger partial charge in [-0.25, -0.2) is 5.84 Å². The Kier molecular flexibility index (Phi) is 2.27. The SMILES string of the molecule is NNC(=O)C(N)C12CC3CC(CC(C3)C1)C2. The monoisotopic (exact) mass is 223 g/mol. The molecule has 4 aliphatic rings. The normalized spacial score (nSPS) is 46.8. The van der Waals surface area contributed by atoms with Crippen molar-refractivity contribution in [3.8, 4) is 0 Å². The lowest BCUT2D eigenvalue weighted by atomic mass is 9.47. The topological polar surface area (TPSA) is 81.1 Å². The molecule has 1 atom stereocenters. The number of hydrogen-bond acceptors (Lipinski definition) is 3. The summed E-state index contributed by atoms with van der Waals surface area (Å²) in [6.07, 6.45) is 7.55. The minimum atomic E-state index is -0.397. The number of rotatable bonds is 2. The quantitative estimate of drug-likeness (QED) is 0.363. The van der Waals surface area contributed by atoms with Gasteiger partial charge in [0, 0.05) is 0 Å². The predicted molar refractivity (Wildman–Crippen MR) is 60.9 cm³/mol. The van der Waals surface area contributed by atoms with Crippen molar-refractivity contribution in [2.24, 2.45) is 34.7 Å². The molecule has 0 spiro atoms. The van der Waals surface area contributed by atoms with E-state index in [0.717, 1.165) is 37.0 Å². The minimum Gasteiger partial charge on any atom is -0.319 e. The fourth-order valence-corrected chi connectivity index (χ4v) is 4.93. The van der Waals surface area contributed by atoms with E-state index in [4.69, 9.17) is 11.6 Å². The molecule has 4 nitrogen and oxygen atoms in total. The van der Waals surface area contributed by atoms with Crippen molar-refractivity contribution in [2.45, 2.75) is 44.6 Å². The molecular weight excluding hydrogens is 202 g/mol. The first-order valence-electron chi connectivity index (χ1n) is 6.39. The molecule has 4 heteroatoms.